The van der Waals surface area contributed by atoms with Crippen molar-refractivity contribution in [2.45, 2.75) is 135 Å². The number of unbranched alkanes of at least 4 members (excludes halogenated alkanes) is 11. The minimum absolute atomic E-state index is 0.0573. The highest BCUT2D eigenvalue weighted by molar-refractivity contribution is 5.72. The van der Waals surface area contributed by atoms with Crippen molar-refractivity contribution in [1.29, 1.82) is 0 Å². The molecule has 0 aromatic heterocycles. The van der Waals surface area contributed by atoms with Crippen molar-refractivity contribution in [2.24, 2.45) is 0 Å². The van der Waals surface area contributed by atoms with Crippen molar-refractivity contribution in [1.82, 2.24) is 0 Å². The standard InChI is InChI=1S/C32H59NO7/c1-6-8-10-11-12-13-14-15-16-17-18-19-20-21-23-31(35)40-28(27-39-30(34)22-9-7-2)26-38-25-24-29(32(36)37)33(3,4)5/h14-15,28-29H,6-13,16-27H2,1-5H3/p+1/b15-14-. The van der Waals surface area contributed by atoms with Gasteiger partial charge in [0.15, 0.2) is 12.1 Å². The predicted octanol–water partition coefficient (Wildman–Crippen LogP) is 6.85. The maximum Gasteiger partial charge on any atom is 0.362 e. The van der Waals surface area contributed by atoms with Crippen molar-refractivity contribution in [3.63, 3.8) is 0 Å². The zero-order valence-corrected chi connectivity index (χ0v) is 26.3. The Morgan fingerprint density at radius 3 is 1.85 bits per heavy atom. The lowest BCUT2D eigenvalue weighted by atomic mass is 10.1. The molecule has 2 atom stereocenters. The molecule has 0 aliphatic carbocycles. The van der Waals surface area contributed by atoms with Gasteiger partial charge in [0, 0.05) is 19.3 Å². The van der Waals surface area contributed by atoms with Gasteiger partial charge in [-0.1, -0.05) is 77.4 Å². The highest BCUT2D eigenvalue weighted by Crippen LogP contribution is 2.12. The zero-order valence-electron chi connectivity index (χ0n) is 26.3. The first kappa shape index (κ1) is 38.1. The molecule has 0 aliphatic rings. The Balaban J connectivity index is 4.28. The summed E-state index contributed by atoms with van der Waals surface area (Å²) in [6, 6.07) is -0.607. The van der Waals surface area contributed by atoms with Crippen LogP contribution in [0.3, 0.4) is 0 Å². The van der Waals surface area contributed by atoms with E-state index >= 15 is 0 Å². The number of quaternary nitrogens is 1. The number of rotatable bonds is 27. The second kappa shape index (κ2) is 24.8. The molecule has 0 aromatic carbocycles. The number of carbonyl (C=O) groups is 3. The molecule has 0 radical (unpaired) electrons. The van der Waals surface area contributed by atoms with Crippen molar-refractivity contribution in [2.75, 3.05) is 41.0 Å². The lowest BCUT2D eigenvalue weighted by molar-refractivity contribution is -0.887. The average Bonchev–Trinajstić information content (AvgIpc) is 2.89. The van der Waals surface area contributed by atoms with Crippen LogP contribution >= 0.6 is 0 Å². The van der Waals surface area contributed by atoms with Crippen LogP contribution in [0.5, 0.6) is 0 Å². The fourth-order valence-corrected chi connectivity index (χ4v) is 4.36. The van der Waals surface area contributed by atoms with Gasteiger partial charge in [-0.2, -0.15) is 0 Å². The highest BCUT2D eigenvalue weighted by Gasteiger charge is 2.31. The molecule has 0 bridgehead atoms. The van der Waals surface area contributed by atoms with Gasteiger partial charge in [-0.15, -0.1) is 0 Å². The quantitative estimate of drug-likeness (QED) is 0.0499. The van der Waals surface area contributed by atoms with Crippen LogP contribution in [0.2, 0.25) is 0 Å². The van der Waals surface area contributed by atoms with Gasteiger partial charge in [-0.3, -0.25) is 9.59 Å². The summed E-state index contributed by atoms with van der Waals surface area (Å²) >= 11 is 0. The monoisotopic (exact) mass is 570 g/mol. The van der Waals surface area contributed by atoms with Gasteiger partial charge in [-0.05, 0) is 38.5 Å². The van der Waals surface area contributed by atoms with E-state index in [2.05, 4.69) is 19.1 Å². The van der Waals surface area contributed by atoms with E-state index in [1.54, 1.807) is 0 Å². The molecular formula is C32H60NO7+. The fourth-order valence-electron chi connectivity index (χ4n) is 4.36. The van der Waals surface area contributed by atoms with Crippen molar-refractivity contribution < 1.29 is 38.2 Å². The summed E-state index contributed by atoms with van der Waals surface area (Å²) in [5.74, 6) is -1.52. The minimum atomic E-state index is -0.881. The Morgan fingerprint density at radius 1 is 0.725 bits per heavy atom. The van der Waals surface area contributed by atoms with Crippen molar-refractivity contribution in [3.8, 4) is 0 Å². The molecule has 0 amide bonds. The first-order valence-electron chi connectivity index (χ1n) is 15.7. The molecule has 0 spiro atoms. The van der Waals surface area contributed by atoms with Gasteiger partial charge in [0.2, 0.25) is 0 Å². The summed E-state index contributed by atoms with van der Waals surface area (Å²) in [4.78, 5) is 35.9. The van der Waals surface area contributed by atoms with E-state index in [4.69, 9.17) is 14.2 Å². The summed E-state index contributed by atoms with van der Waals surface area (Å²) in [7, 11) is 5.48. The van der Waals surface area contributed by atoms with E-state index in [0.717, 1.165) is 44.9 Å². The van der Waals surface area contributed by atoms with Crippen LogP contribution < -0.4 is 0 Å². The first-order chi connectivity index (χ1) is 19.1. The number of carboxylic acid groups (broad SMARTS) is 1. The number of nitrogens with zero attached hydrogens (tertiary/aromatic N) is 1. The molecule has 0 aliphatic heterocycles. The van der Waals surface area contributed by atoms with Crippen LogP contribution in [0.15, 0.2) is 12.2 Å². The van der Waals surface area contributed by atoms with E-state index < -0.39 is 18.1 Å². The van der Waals surface area contributed by atoms with Gasteiger partial charge in [0.25, 0.3) is 0 Å². The largest absolute Gasteiger partial charge is 0.477 e. The molecule has 0 heterocycles. The molecule has 8 heteroatoms. The second-order valence-electron chi connectivity index (χ2n) is 11.7. The summed E-state index contributed by atoms with van der Waals surface area (Å²) < 4.78 is 16.8. The lowest BCUT2D eigenvalue weighted by Crippen LogP contribution is -2.50. The number of carbonyl (C=O) groups excluding carboxylic acids is 2. The normalized spacial score (nSPS) is 13.3. The Hall–Kier alpha value is -1.93. The van der Waals surface area contributed by atoms with E-state index in [9.17, 15) is 19.5 Å². The molecule has 40 heavy (non-hydrogen) atoms. The maximum atomic E-state index is 12.4. The third-order valence-electron chi connectivity index (χ3n) is 6.91. The van der Waals surface area contributed by atoms with E-state index in [-0.39, 0.29) is 36.2 Å². The molecule has 0 aromatic rings. The number of esters is 2. The van der Waals surface area contributed by atoms with Gasteiger partial charge in [-0.25, -0.2) is 4.79 Å². The summed E-state index contributed by atoms with van der Waals surface area (Å²) in [5.41, 5.74) is 0. The molecule has 8 nitrogen and oxygen atoms in total. The number of allylic oxidation sites excluding steroid dienone is 2. The highest BCUT2D eigenvalue weighted by atomic mass is 16.6. The third kappa shape index (κ3) is 22.8. The average molecular weight is 571 g/mol. The SMILES string of the molecule is CCCCCCC/C=C\CCCCCCCC(=O)OC(COCCC(C(=O)O)[N+](C)(C)C)COC(=O)CCCC. The number of carboxylic acids is 1. The van der Waals surface area contributed by atoms with Crippen LogP contribution in [0, 0.1) is 0 Å². The van der Waals surface area contributed by atoms with E-state index in [0.29, 0.717) is 19.3 Å². The summed E-state index contributed by atoms with van der Waals surface area (Å²) in [5, 5.41) is 9.48. The van der Waals surface area contributed by atoms with Gasteiger partial charge in [0.05, 0.1) is 34.4 Å². The number of likely N-dealkylation sites (N-methyl/N-ethyl adjacent to an activating group) is 1. The fraction of sp³-hybridized carbons (Fsp3) is 0.844. The number of hydrogen-bond donors (Lipinski definition) is 1. The van der Waals surface area contributed by atoms with Gasteiger partial charge < -0.3 is 23.8 Å². The third-order valence-corrected chi connectivity index (χ3v) is 6.91. The van der Waals surface area contributed by atoms with Gasteiger partial charge in [0.1, 0.15) is 6.61 Å². The van der Waals surface area contributed by atoms with Crippen LogP contribution in [0.4, 0.5) is 0 Å². The predicted molar refractivity (Wildman–Crippen MR) is 160 cm³/mol. The Kier molecular flexibility index (Phi) is 23.6. The van der Waals surface area contributed by atoms with Crippen LogP contribution in [0.25, 0.3) is 0 Å². The van der Waals surface area contributed by atoms with Gasteiger partial charge >= 0.3 is 17.9 Å². The molecule has 0 fully saturated rings. The van der Waals surface area contributed by atoms with Crippen LogP contribution in [-0.2, 0) is 28.6 Å². The number of aliphatic carboxylic acids is 1. The van der Waals surface area contributed by atoms with E-state index in [1.165, 1.54) is 44.9 Å². The molecule has 2 unspecified atom stereocenters. The molecule has 234 valence electrons. The first-order valence-corrected chi connectivity index (χ1v) is 15.7. The minimum Gasteiger partial charge on any atom is -0.477 e. The molecule has 0 saturated heterocycles. The lowest BCUT2D eigenvalue weighted by Gasteiger charge is -2.31. The van der Waals surface area contributed by atoms with Crippen molar-refractivity contribution >= 4 is 17.9 Å². The Labute approximate surface area is 244 Å². The molecule has 1 N–H and O–H groups in total. The summed E-state index contributed by atoms with van der Waals surface area (Å²) in [6.45, 7) is 4.45. The van der Waals surface area contributed by atoms with Crippen LogP contribution in [-0.4, -0.2) is 80.6 Å². The maximum absolute atomic E-state index is 12.4. The molecular weight excluding hydrogens is 510 g/mol. The molecule has 0 rings (SSSR count). The molecule has 0 saturated carbocycles. The van der Waals surface area contributed by atoms with Crippen LogP contribution in [0.1, 0.15) is 123 Å². The van der Waals surface area contributed by atoms with Crippen molar-refractivity contribution in [3.05, 3.63) is 12.2 Å². The summed E-state index contributed by atoms with van der Waals surface area (Å²) in [6.07, 6.45) is 20.6. The number of ether oxygens (including phenoxy) is 3. The topological polar surface area (TPSA) is 99.1 Å². The smallest absolute Gasteiger partial charge is 0.362 e. The Bertz CT molecular complexity index is 687. The second-order valence-corrected chi connectivity index (χ2v) is 11.7. The Morgan fingerprint density at radius 2 is 1.27 bits per heavy atom. The number of hydrogen-bond acceptors (Lipinski definition) is 6. The van der Waals surface area contributed by atoms with E-state index in [1.807, 2.05) is 28.1 Å². The zero-order chi connectivity index (χ0) is 30.1.